The Hall–Kier alpha value is -1.50. The standard InChI is InChI=1S/C16H19NO3S2/c1-13-3-5-14(6-4-13)20-12-11-17-22(18,19)16-9-7-15(21-2)8-10-16/h3-10,17H,11-12H2,1-2H3. The molecule has 0 aliphatic rings. The number of sulfonamides is 1. The highest BCUT2D eigenvalue weighted by molar-refractivity contribution is 7.98. The van der Waals surface area contributed by atoms with Crippen molar-refractivity contribution in [3.05, 3.63) is 54.1 Å². The molecule has 1 N–H and O–H groups in total. The molecule has 0 saturated carbocycles. The molecule has 2 aromatic carbocycles. The van der Waals surface area contributed by atoms with Gasteiger partial charge >= 0.3 is 0 Å². The third-order valence-electron chi connectivity index (χ3n) is 3.05. The summed E-state index contributed by atoms with van der Waals surface area (Å²) in [6.45, 7) is 2.51. The maximum absolute atomic E-state index is 12.1. The second kappa shape index (κ2) is 7.67. The van der Waals surface area contributed by atoms with Crippen molar-refractivity contribution >= 4 is 21.8 Å². The van der Waals surface area contributed by atoms with Gasteiger partial charge in [0.1, 0.15) is 12.4 Å². The zero-order valence-corrected chi connectivity index (χ0v) is 14.2. The van der Waals surface area contributed by atoms with Crippen LogP contribution < -0.4 is 9.46 Å². The molecule has 0 saturated heterocycles. The van der Waals surface area contributed by atoms with Crippen molar-refractivity contribution in [3.63, 3.8) is 0 Å². The molecule has 0 aliphatic carbocycles. The molecular formula is C16H19NO3S2. The van der Waals surface area contributed by atoms with Crippen LogP contribution in [0.4, 0.5) is 0 Å². The minimum Gasteiger partial charge on any atom is -0.492 e. The Balaban J connectivity index is 1.85. The molecule has 0 atom stereocenters. The molecule has 0 aromatic heterocycles. The summed E-state index contributed by atoms with van der Waals surface area (Å²) in [4.78, 5) is 1.29. The minimum atomic E-state index is -3.49. The van der Waals surface area contributed by atoms with E-state index in [1.54, 1.807) is 36.0 Å². The summed E-state index contributed by atoms with van der Waals surface area (Å²) in [6, 6.07) is 14.4. The van der Waals surface area contributed by atoms with Crippen molar-refractivity contribution in [3.8, 4) is 5.75 Å². The Morgan fingerprint density at radius 1 is 1.05 bits per heavy atom. The van der Waals surface area contributed by atoms with Gasteiger partial charge < -0.3 is 4.74 Å². The van der Waals surface area contributed by atoms with E-state index in [0.717, 1.165) is 16.2 Å². The maximum Gasteiger partial charge on any atom is 0.240 e. The van der Waals surface area contributed by atoms with Gasteiger partial charge in [-0.3, -0.25) is 0 Å². The first-order valence-electron chi connectivity index (χ1n) is 6.84. The molecule has 0 spiro atoms. The molecule has 0 radical (unpaired) electrons. The molecule has 118 valence electrons. The van der Waals surface area contributed by atoms with E-state index < -0.39 is 10.0 Å². The molecule has 0 unspecified atom stereocenters. The minimum absolute atomic E-state index is 0.223. The van der Waals surface area contributed by atoms with Crippen LogP contribution in [-0.4, -0.2) is 27.8 Å². The van der Waals surface area contributed by atoms with Crippen LogP contribution in [0.3, 0.4) is 0 Å². The molecule has 2 rings (SSSR count). The number of hydrogen-bond donors (Lipinski definition) is 1. The summed E-state index contributed by atoms with van der Waals surface area (Å²) in [7, 11) is -3.49. The third kappa shape index (κ3) is 4.76. The number of ether oxygens (including phenoxy) is 1. The van der Waals surface area contributed by atoms with Crippen molar-refractivity contribution < 1.29 is 13.2 Å². The molecule has 0 fully saturated rings. The van der Waals surface area contributed by atoms with Crippen LogP contribution >= 0.6 is 11.8 Å². The van der Waals surface area contributed by atoms with Crippen LogP contribution in [0.2, 0.25) is 0 Å². The van der Waals surface area contributed by atoms with Gasteiger partial charge in [0, 0.05) is 11.4 Å². The topological polar surface area (TPSA) is 55.4 Å². The van der Waals surface area contributed by atoms with E-state index >= 15 is 0 Å². The molecule has 2 aromatic rings. The lowest BCUT2D eigenvalue weighted by atomic mass is 10.2. The fourth-order valence-electron chi connectivity index (χ4n) is 1.82. The summed E-state index contributed by atoms with van der Waals surface area (Å²) < 4.78 is 32.3. The Labute approximate surface area is 135 Å². The lowest BCUT2D eigenvalue weighted by Gasteiger charge is -2.09. The molecular weight excluding hydrogens is 318 g/mol. The van der Waals surface area contributed by atoms with E-state index in [-0.39, 0.29) is 18.0 Å². The highest BCUT2D eigenvalue weighted by atomic mass is 32.2. The molecule has 22 heavy (non-hydrogen) atoms. The smallest absolute Gasteiger partial charge is 0.240 e. The highest BCUT2D eigenvalue weighted by Crippen LogP contribution is 2.17. The van der Waals surface area contributed by atoms with Crippen LogP contribution in [0.5, 0.6) is 5.75 Å². The summed E-state index contributed by atoms with van der Waals surface area (Å²) in [5.41, 5.74) is 1.15. The van der Waals surface area contributed by atoms with Gasteiger partial charge in [-0.15, -0.1) is 11.8 Å². The quantitative estimate of drug-likeness (QED) is 0.623. The van der Waals surface area contributed by atoms with Crippen molar-refractivity contribution in [1.82, 2.24) is 4.72 Å². The van der Waals surface area contributed by atoms with Gasteiger partial charge in [0.25, 0.3) is 0 Å². The molecule has 6 heteroatoms. The second-order valence-corrected chi connectivity index (χ2v) is 7.38. The van der Waals surface area contributed by atoms with Gasteiger partial charge in [0.05, 0.1) is 4.90 Å². The van der Waals surface area contributed by atoms with Gasteiger partial charge in [-0.25, -0.2) is 13.1 Å². The van der Waals surface area contributed by atoms with Crippen LogP contribution in [0.1, 0.15) is 5.56 Å². The number of nitrogens with one attached hydrogen (secondary N) is 1. The molecule has 4 nitrogen and oxygen atoms in total. The van der Waals surface area contributed by atoms with Crippen molar-refractivity contribution in [2.75, 3.05) is 19.4 Å². The number of rotatable bonds is 7. The number of aryl methyl sites for hydroxylation is 1. The van der Waals surface area contributed by atoms with Crippen molar-refractivity contribution in [1.29, 1.82) is 0 Å². The van der Waals surface area contributed by atoms with Crippen LogP contribution in [0.25, 0.3) is 0 Å². The fourth-order valence-corrected chi connectivity index (χ4v) is 3.24. The Bertz CT molecular complexity index is 695. The third-order valence-corrected chi connectivity index (χ3v) is 5.27. The normalized spacial score (nSPS) is 11.4. The van der Waals surface area contributed by atoms with E-state index in [1.165, 1.54) is 0 Å². The number of benzene rings is 2. The van der Waals surface area contributed by atoms with Crippen LogP contribution in [0.15, 0.2) is 58.3 Å². The first-order chi connectivity index (χ1) is 10.5. The van der Waals surface area contributed by atoms with Crippen LogP contribution in [-0.2, 0) is 10.0 Å². The summed E-state index contributed by atoms with van der Waals surface area (Å²) >= 11 is 1.57. The monoisotopic (exact) mass is 337 g/mol. The first kappa shape index (κ1) is 16.9. The average Bonchev–Trinajstić information content (AvgIpc) is 2.53. The van der Waals surface area contributed by atoms with E-state index in [4.69, 9.17) is 4.74 Å². The molecule has 0 aliphatic heterocycles. The lowest BCUT2D eigenvalue weighted by Crippen LogP contribution is -2.28. The lowest BCUT2D eigenvalue weighted by molar-refractivity contribution is 0.323. The van der Waals surface area contributed by atoms with E-state index in [9.17, 15) is 8.42 Å². The predicted molar refractivity (Wildman–Crippen MR) is 90.1 cm³/mol. The number of thioether (sulfide) groups is 1. The first-order valence-corrected chi connectivity index (χ1v) is 9.55. The van der Waals surface area contributed by atoms with E-state index in [2.05, 4.69) is 4.72 Å². The predicted octanol–water partition coefficient (Wildman–Crippen LogP) is 3.07. The summed E-state index contributed by atoms with van der Waals surface area (Å²) in [5.74, 6) is 0.731. The Morgan fingerprint density at radius 3 is 2.27 bits per heavy atom. The largest absolute Gasteiger partial charge is 0.492 e. The molecule has 0 amide bonds. The Morgan fingerprint density at radius 2 is 1.68 bits per heavy atom. The zero-order chi connectivity index (χ0) is 16.0. The zero-order valence-electron chi connectivity index (χ0n) is 12.6. The highest BCUT2D eigenvalue weighted by Gasteiger charge is 2.12. The van der Waals surface area contributed by atoms with Crippen molar-refractivity contribution in [2.24, 2.45) is 0 Å². The fraction of sp³-hybridized carbons (Fsp3) is 0.250. The maximum atomic E-state index is 12.1. The van der Waals surface area contributed by atoms with Crippen molar-refractivity contribution in [2.45, 2.75) is 16.7 Å². The van der Waals surface area contributed by atoms with Gasteiger partial charge in [0.15, 0.2) is 0 Å². The van der Waals surface area contributed by atoms with Gasteiger partial charge in [-0.05, 0) is 49.6 Å². The van der Waals surface area contributed by atoms with Gasteiger partial charge in [-0.1, -0.05) is 17.7 Å². The second-order valence-electron chi connectivity index (χ2n) is 4.73. The summed E-state index contributed by atoms with van der Waals surface area (Å²) in [6.07, 6.45) is 1.95. The average molecular weight is 337 g/mol. The van der Waals surface area contributed by atoms with Gasteiger partial charge in [-0.2, -0.15) is 0 Å². The summed E-state index contributed by atoms with van der Waals surface area (Å²) in [5, 5.41) is 0. The number of hydrogen-bond acceptors (Lipinski definition) is 4. The van der Waals surface area contributed by atoms with E-state index in [1.807, 2.05) is 37.4 Å². The van der Waals surface area contributed by atoms with Crippen LogP contribution in [0, 0.1) is 6.92 Å². The molecule has 0 bridgehead atoms. The molecule has 0 heterocycles. The SMILES string of the molecule is CSc1ccc(S(=O)(=O)NCCOc2ccc(C)cc2)cc1. The van der Waals surface area contributed by atoms with E-state index in [0.29, 0.717) is 0 Å². The Kier molecular flexibility index (Phi) is 5.88. The van der Waals surface area contributed by atoms with Gasteiger partial charge in [0.2, 0.25) is 10.0 Å².